The molecule has 0 aromatic carbocycles. The first-order valence-electron chi connectivity index (χ1n) is 4.04. The highest BCUT2D eigenvalue weighted by Crippen LogP contribution is 2.39. The molecule has 3 nitrogen and oxygen atoms in total. The summed E-state index contributed by atoms with van der Waals surface area (Å²) in [7, 11) is 1.30. The Morgan fingerprint density at radius 3 is 2.92 bits per heavy atom. The van der Waals surface area contributed by atoms with Crippen LogP contribution in [0.2, 0.25) is 0 Å². The van der Waals surface area contributed by atoms with Crippen molar-refractivity contribution in [1.82, 2.24) is 0 Å². The molecule has 0 N–H and O–H groups in total. The summed E-state index contributed by atoms with van der Waals surface area (Å²) in [6.45, 7) is 3.55. The minimum absolute atomic E-state index is 0.0377. The van der Waals surface area contributed by atoms with E-state index in [1.54, 1.807) is 6.08 Å². The summed E-state index contributed by atoms with van der Waals surface area (Å²) < 4.78 is 3.64. The number of ether oxygens (including phenoxy) is 1. The van der Waals surface area contributed by atoms with Crippen LogP contribution in [0.25, 0.3) is 0 Å². The number of allylic oxidation sites excluding steroid dienone is 1. The lowest BCUT2D eigenvalue weighted by atomic mass is 9.98. The molecule has 1 saturated heterocycles. The van der Waals surface area contributed by atoms with Crippen molar-refractivity contribution in [3.8, 4) is 0 Å². The van der Waals surface area contributed by atoms with Crippen LogP contribution in [0.4, 0.5) is 0 Å². The normalized spacial score (nSPS) is 27.3. The highest BCUT2D eigenvalue weighted by molar-refractivity contribution is 8.02. The lowest BCUT2D eigenvalue weighted by Crippen LogP contribution is -2.40. The van der Waals surface area contributed by atoms with Crippen LogP contribution in [0.15, 0.2) is 12.7 Å². The Labute approximate surface area is 81.5 Å². The van der Waals surface area contributed by atoms with Gasteiger partial charge < -0.3 is 4.74 Å². The molecule has 0 radical (unpaired) electrons. The summed E-state index contributed by atoms with van der Waals surface area (Å²) in [5.41, 5.74) is 0. The van der Waals surface area contributed by atoms with Crippen LogP contribution in [-0.2, 0) is 14.3 Å². The van der Waals surface area contributed by atoms with Crippen LogP contribution in [-0.4, -0.2) is 29.4 Å². The number of ketones is 1. The van der Waals surface area contributed by atoms with Gasteiger partial charge in [0, 0.05) is 12.2 Å². The molecule has 1 fully saturated rings. The number of esters is 1. The molecule has 1 heterocycles. The number of carbonyl (C=O) groups excluding carboxylic acids is 2. The van der Waals surface area contributed by atoms with Crippen LogP contribution in [0.1, 0.15) is 12.8 Å². The molecule has 4 heteroatoms. The molecule has 0 saturated carbocycles. The highest BCUT2D eigenvalue weighted by Gasteiger charge is 2.49. The lowest BCUT2D eigenvalue weighted by molar-refractivity contribution is -0.146. The van der Waals surface area contributed by atoms with E-state index in [0.717, 1.165) is 0 Å². The van der Waals surface area contributed by atoms with Gasteiger partial charge in [0.1, 0.15) is 0 Å². The Balaban J connectivity index is 2.92. The topological polar surface area (TPSA) is 43.4 Å². The Kier molecular flexibility index (Phi) is 3.14. The maximum absolute atomic E-state index is 11.5. The highest BCUT2D eigenvalue weighted by atomic mass is 32.2. The third-order valence-electron chi connectivity index (χ3n) is 2.07. The number of methoxy groups -OCH3 is 1. The Hall–Kier alpha value is -0.770. The molecule has 13 heavy (non-hydrogen) atoms. The quantitative estimate of drug-likeness (QED) is 0.390. The van der Waals surface area contributed by atoms with E-state index in [9.17, 15) is 9.59 Å². The van der Waals surface area contributed by atoms with Crippen LogP contribution < -0.4 is 0 Å². The van der Waals surface area contributed by atoms with Crippen LogP contribution in [0, 0.1) is 0 Å². The molecule has 0 bridgehead atoms. The van der Waals surface area contributed by atoms with E-state index in [1.165, 1.54) is 18.9 Å². The average Bonchev–Trinajstić information content (AvgIpc) is 2.48. The van der Waals surface area contributed by atoms with Crippen molar-refractivity contribution < 1.29 is 14.3 Å². The number of Topliss-reactive ketones (excluding diaryl/α,β-unsaturated/α-hetero) is 1. The van der Waals surface area contributed by atoms with Gasteiger partial charge in [0.25, 0.3) is 0 Å². The van der Waals surface area contributed by atoms with Gasteiger partial charge in [-0.05, 0) is 6.42 Å². The van der Waals surface area contributed by atoms with Gasteiger partial charge in [0.2, 0.25) is 0 Å². The molecule has 1 aliphatic heterocycles. The van der Waals surface area contributed by atoms with E-state index in [1.807, 2.05) is 0 Å². The Morgan fingerprint density at radius 1 is 1.85 bits per heavy atom. The first kappa shape index (κ1) is 10.3. The summed E-state index contributed by atoms with van der Waals surface area (Å²) in [4.78, 5) is 22.9. The van der Waals surface area contributed by atoms with Crippen molar-refractivity contribution in [3.05, 3.63) is 12.7 Å². The second-order valence-corrected chi connectivity index (χ2v) is 4.23. The van der Waals surface area contributed by atoms with Crippen LogP contribution >= 0.6 is 11.8 Å². The van der Waals surface area contributed by atoms with Crippen molar-refractivity contribution in [2.75, 3.05) is 12.9 Å². The second-order valence-electron chi connectivity index (χ2n) is 2.83. The molecule has 1 atom stereocenters. The first-order chi connectivity index (χ1) is 6.17. The zero-order valence-corrected chi connectivity index (χ0v) is 8.36. The summed E-state index contributed by atoms with van der Waals surface area (Å²) in [5.74, 6) is 0.214. The predicted octanol–water partition coefficient (Wildman–Crippen LogP) is 1.18. The van der Waals surface area contributed by atoms with Crippen molar-refractivity contribution in [3.63, 3.8) is 0 Å². The molecule has 72 valence electrons. The Bertz CT molecular complexity index is 249. The zero-order valence-electron chi connectivity index (χ0n) is 7.54. The maximum atomic E-state index is 11.5. The van der Waals surface area contributed by atoms with Crippen LogP contribution in [0.5, 0.6) is 0 Å². The van der Waals surface area contributed by atoms with Gasteiger partial charge in [-0.3, -0.25) is 9.59 Å². The minimum atomic E-state index is -0.990. The van der Waals surface area contributed by atoms with Crippen molar-refractivity contribution in [1.29, 1.82) is 0 Å². The largest absolute Gasteiger partial charge is 0.468 e. The molecule has 0 amide bonds. The zero-order chi connectivity index (χ0) is 9.90. The minimum Gasteiger partial charge on any atom is -0.468 e. The van der Waals surface area contributed by atoms with E-state index in [-0.39, 0.29) is 5.78 Å². The van der Waals surface area contributed by atoms with Crippen molar-refractivity contribution in [2.24, 2.45) is 0 Å². The standard InChI is InChI=1S/C9H12O3S/c1-3-5-9(8(11)12-2)7(10)4-6-13-9/h3H,1,4-6H2,2H3. The fourth-order valence-electron chi connectivity index (χ4n) is 1.40. The summed E-state index contributed by atoms with van der Waals surface area (Å²) in [5, 5.41) is 0. The third kappa shape index (κ3) is 1.63. The van der Waals surface area contributed by atoms with Gasteiger partial charge in [-0.1, -0.05) is 6.08 Å². The van der Waals surface area contributed by atoms with Gasteiger partial charge >= 0.3 is 5.97 Å². The molecule has 1 unspecified atom stereocenters. The maximum Gasteiger partial charge on any atom is 0.329 e. The third-order valence-corrected chi connectivity index (χ3v) is 3.54. The van der Waals surface area contributed by atoms with Gasteiger partial charge in [0.05, 0.1) is 7.11 Å². The molecule has 0 aliphatic carbocycles. The van der Waals surface area contributed by atoms with E-state index in [2.05, 4.69) is 11.3 Å². The SMILES string of the molecule is C=CCC1(C(=O)OC)SCCC1=O. The lowest BCUT2D eigenvalue weighted by Gasteiger charge is -2.21. The monoisotopic (exact) mass is 200 g/mol. The molecular formula is C9H12O3S. The number of hydrogen-bond donors (Lipinski definition) is 0. The smallest absolute Gasteiger partial charge is 0.329 e. The van der Waals surface area contributed by atoms with E-state index in [0.29, 0.717) is 18.6 Å². The van der Waals surface area contributed by atoms with E-state index >= 15 is 0 Å². The number of hydrogen-bond acceptors (Lipinski definition) is 4. The van der Waals surface area contributed by atoms with Gasteiger partial charge in [-0.25, -0.2) is 0 Å². The van der Waals surface area contributed by atoms with E-state index in [4.69, 9.17) is 0 Å². The second kappa shape index (κ2) is 3.96. The fourth-order valence-corrected chi connectivity index (χ4v) is 2.73. The van der Waals surface area contributed by atoms with Gasteiger partial charge in [0.15, 0.2) is 10.5 Å². The summed E-state index contributed by atoms with van der Waals surface area (Å²) >= 11 is 1.36. The molecule has 1 rings (SSSR count). The molecule has 0 aromatic heterocycles. The summed E-state index contributed by atoms with van der Waals surface area (Å²) in [6, 6.07) is 0. The summed E-state index contributed by atoms with van der Waals surface area (Å²) in [6.07, 6.45) is 2.41. The number of rotatable bonds is 3. The van der Waals surface area contributed by atoms with Crippen LogP contribution in [0.3, 0.4) is 0 Å². The molecule has 1 aliphatic rings. The van der Waals surface area contributed by atoms with Crippen molar-refractivity contribution >= 4 is 23.5 Å². The van der Waals surface area contributed by atoms with E-state index < -0.39 is 10.7 Å². The average molecular weight is 200 g/mol. The Morgan fingerprint density at radius 2 is 2.54 bits per heavy atom. The molecule has 0 aromatic rings. The number of carbonyl (C=O) groups is 2. The first-order valence-corrected chi connectivity index (χ1v) is 5.02. The molecule has 0 spiro atoms. The molecular weight excluding hydrogens is 188 g/mol. The van der Waals surface area contributed by atoms with Crippen molar-refractivity contribution in [2.45, 2.75) is 17.6 Å². The number of thioether (sulfide) groups is 1. The predicted molar refractivity (Wildman–Crippen MR) is 51.6 cm³/mol. The van der Waals surface area contributed by atoms with Gasteiger partial charge in [-0.15, -0.1) is 18.3 Å². The fraction of sp³-hybridized carbons (Fsp3) is 0.556. The van der Waals surface area contributed by atoms with Gasteiger partial charge in [-0.2, -0.15) is 0 Å².